The standard InChI is InChI=1S/C22H20N4.3C20H20N4.C18H20N4.C17H19N5/c1-26-16-21(17-6-3-2-4-7-17)25-22(26)11-10-19-8-5-9-20(24-19)18-12-14-23-15-13-18;1-13-12-21-14(2)17(22-13)9-11-19-23-20-16-7-5-4-6-15(16)8-10-18(20)24(19)3;2*1-13-12-14(2)22-18(21-13)10-11-19-23-20-16-7-5-4-6-15(16)8-9-17(20)24(19)3;1-13-11-19-14(2)16(20-13)9-10-18-21-17(12-22(18)3)15-7-5-4-6-8-15;1-12-13(2)20-15(10-19-12)6-7-17-21-16(11-22(17)3)14-5-4-8-18-9-14/h2-9,12-16H,10-11H2,1H3;4-8,10,12H,9,11H2,1-3H3;2*4-9,12H,10-11H2,1-3H3;4-8,11-12H,9-10H2,1-3H3;4-5,8-11H,6-7H2,1-3H3. The fraction of sp³-hybridized carbons (Fsp3) is 0.239. The Kier molecular flexibility index (Phi) is 30.7. The predicted molar refractivity (Wildman–Crippen MR) is 568 cm³/mol. The summed E-state index contributed by atoms with van der Waals surface area (Å²) in [6.07, 6.45) is 29.0. The number of rotatable bonds is 22. The molecule has 0 aliphatic heterocycles. The van der Waals surface area contributed by atoms with Crippen LogP contribution in [0.25, 0.3) is 110 Å². The summed E-state index contributed by atoms with van der Waals surface area (Å²) in [5.41, 5.74) is 29.3. The molecule has 0 N–H and O–H groups in total. The number of benzene rings is 8. The number of nitrogens with zero attached hydrogens (tertiary/aromatic N) is 25. The van der Waals surface area contributed by atoms with Gasteiger partial charge in [0.15, 0.2) is 0 Å². The molecule has 22 aromatic rings. The van der Waals surface area contributed by atoms with E-state index < -0.39 is 0 Å². The highest BCUT2D eigenvalue weighted by Crippen LogP contribution is 2.32. The highest BCUT2D eigenvalue weighted by atomic mass is 15.1. The van der Waals surface area contributed by atoms with Gasteiger partial charge in [-0.2, -0.15) is 0 Å². The first kappa shape index (κ1) is 97.1. The van der Waals surface area contributed by atoms with Gasteiger partial charge in [-0.25, -0.2) is 49.8 Å². The minimum atomic E-state index is 0.803. The van der Waals surface area contributed by atoms with Crippen LogP contribution in [0, 0.1) is 69.2 Å². The Bertz CT molecular complexity index is 7920. The third kappa shape index (κ3) is 23.9. The molecule has 0 fully saturated rings. The van der Waals surface area contributed by atoms with Gasteiger partial charge in [0.2, 0.25) is 0 Å². The minimum absolute atomic E-state index is 0.803. The zero-order valence-corrected chi connectivity index (χ0v) is 83.8. The summed E-state index contributed by atoms with van der Waals surface area (Å²) in [6, 6.07) is 76.8. The van der Waals surface area contributed by atoms with Gasteiger partial charge in [-0.1, -0.05) is 158 Å². The van der Waals surface area contributed by atoms with E-state index in [2.05, 4.69) is 273 Å². The van der Waals surface area contributed by atoms with E-state index in [1.807, 2.05) is 193 Å². The Morgan fingerprint density at radius 3 is 1.02 bits per heavy atom. The summed E-state index contributed by atoms with van der Waals surface area (Å²) < 4.78 is 12.8. The topological polar surface area (TPSA) is 274 Å². The first-order chi connectivity index (χ1) is 68.9. The summed E-state index contributed by atoms with van der Waals surface area (Å²) >= 11 is 0. The second kappa shape index (κ2) is 44.9. The van der Waals surface area contributed by atoms with E-state index in [0.717, 1.165) is 265 Å². The van der Waals surface area contributed by atoms with Gasteiger partial charge in [-0.15, -0.1) is 0 Å². The van der Waals surface area contributed by atoms with Crippen molar-refractivity contribution < 1.29 is 0 Å². The molecule has 0 spiro atoms. The quantitative estimate of drug-likeness (QED) is 0.0609. The molecule has 0 aliphatic rings. The normalized spacial score (nSPS) is 11.2. The van der Waals surface area contributed by atoms with Crippen molar-refractivity contribution in [2.45, 2.75) is 146 Å². The molecule has 22 rings (SSSR count). The third-order valence-electron chi connectivity index (χ3n) is 25.6. The highest BCUT2D eigenvalue weighted by Gasteiger charge is 2.20. The van der Waals surface area contributed by atoms with E-state index in [1.54, 1.807) is 18.6 Å². The van der Waals surface area contributed by atoms with Crippen LogP contribution in [-0.4, -0.2) is 122 Å². The highest BCUT2D eigenvalue weighted by molar-refractivity contribution is 6.06. The number of aryl methyl sites for hydroxylation is 28. The van der Waals surface area contributed by atoms with Crippen LogP contribution in [-0.2, 0) is 119 Å². The van der Waals surface area contributed by atoms with Gasteiger partial charge in [0, 0.05) is 223 Å². The summed E-state index contributed by atoms with van der Waals surface area (Å²) in [6.45, 7) is 20.0. The van der Waals surface area contributed by atoms with Crippen molar-refractivity contribution in [2.75, 3.05) is 0 Å². The fourth-order valence-corrected chi connectivity index (χ4v) is 17.8. The van der Waals surface area contributed by atoms with Crippen molar-refractivity contribution in [2.24, 2.45) is 42.3 Å². The molecule has 14 aromatic heterocycles. The smallest absolute Gasteiger partial charge is 0.129 e. The van der Waals surface area contributed by atoms with Crippen LogP contribution in [0.15, 0.2) is 286 Å². The number of aromatic nitrogens is 25. The van der Waals surface area contributed by atoms with Gasteiger partial charge in [-0.05, 0) is 178 Å². The lowest BCUT2D eigenvalue weighted by atomic mass is 10.1. The Hall–Kier alpha value is -16.6. The zero-order chi connectivity index (χ0) is 98.9. The van der Waals surface area contributed by atoms with Crippen LogP contribution < -0.4 is 0 Å². The zero-order valence-electron chi connectivity index (χ0n) is 83.8. The van der Waals surface area contributed by atoms with E-state index in [4.69, 9.17) is 34.9 Å². The van der Waals surface area contributed by atoms with Crippen LogP contribution in [0.1, 0.15) is 126 Å². The van der Waals surface area contributed by atoms with Gasteiger partial charge in [0.05, 0.1) is 107 Å². The molecule has 0 amide bonds. The lowest BCUT2D eigenvalue weighted by molar-refractivity contribution is 0.752. The molecular weight excluding hydrogens is 1760 g/mol. The molecule has 0 unspecified atom stereocenters. The second-order valence-corrected chi connectivity index (χ2v) is 36.2. The summed E-state index contributed by atoms with van der Waals surface area (Å²) in [7, 11) is 12.4. The number of hydrogen-bond acceptors (Lipinski definition) is 19. The molecule has 0 saturated carbocycles. The van der Waals surface area contributed by atoms with E-state index in [9.17, 15) is 0 Å². The maximum Gasteiger partial charge on any atom is 0.129 e. The third-order valence-corrected chi connectivity index (χ3v) is 25.6. The lowest BCUT2D eigenvalue weighted by Gasteiger charge is -2.05. The van der Waals surface area contributed by atoms with E-state index in [1.165, 1.54) is 48.9 Å². The first-order valence-electron chi connectivity index (χ1n) is 48.4. The maximum absolute atomic E-state index is 4.92. The van der Waals surface area contributed by atoms with Crippen molar-refractivity contribution >= 4 is 65.4 Å². The fourth-order valence-electron chi connectivity index (χ4n) is 17.8. The molecule has 8 aromatic carbocycles. The average Bonchev–Trinajstić information content (AvgIpc) is 1.63. The monoisotopic (exact) mass is 1870 g/mol. The van der Waals surface area contributed by atoms with Crippen molar-refractivity contribution in [1.82, 2.24) is 122 Å². The van der Waals surface area contributed by atoms with Crippen molar-refractivity contribution in [3.8, 4) is 45.0 Å². The summed E-state index contributed by atoms with van der Waals surface area (Å²) in [5, 5.41) is 7.32. The summed E-state index contributed by atoms with van der Waals surface area (Å²) in [4.78, 5) is 87.1. The molecule has 0 atom stereocenters. The van der Waals surface area contributed by atoms with Crippen LogP contribution in [0.4, 0.5) is 0 Å². The SMILES string of the molecule is Cc1cc(C)nc(CCc2nc3c4ccccc4ccc3n2C)n1.Cc1cc(C)nc(CCc2nc3c4ccccc4ccc3n2C)n1.Cc1cnc(C)c(CCc2nc(-c3ccccc3)cn2C)n1.Cc1cnc(C)c(CCc2nc3c4ccccc4ccc3n2C)n1.Cc1ncc(CCc2nc(-c3cccnc3)cn2C)nc1C.Cn1cc(-c2ccccc2)nc1CCc1cccc(-c2ccncc2)n1. The number of fused-ring (bicyclic) bond motifs is 9. The van der Waals surface area contributed by atoms with Gasteiger partial charge >= 0.3 is 0 Å². The van der Waals surface area contributed by atoms with Crippen LogP contribution in [0.3, 0.4) is 0 Å². The van der Waals surface area contributed by atoms with E-state index in [0.29, 0.717) is 0 Å². The predicted octanol–water partition coefficient (Wildman–Crippen LogP) is 22.0. The second-order valence-electron chi connectivity index (χ2n) is 36.2. The molecule has 25 heteroatoms. The summed E-state index contributed by atoms with van der Waals surface area (Å²) in [5.74, 6) is 8.20. The molecular formula is C117H119N25. The van der Waals surface area contributed by atoms with E-state index >= 15 is 0 Å². The number of imidazole rings is 6. The van der Waals surface area contributed by atoms with Crippen molar-refractivity contribution in [1.29, 1.82) is 0 Å². The molecule has 0 radical (unpaired) electrons. The first-order valence-corrected chi connectivity index (χ1v) is 48.4. The number of pyridine rings is 3. The Morgan fingerprint density at radius 2 is 0.599 bits per heavy atom. The Labute approximate surface area is 828 Å². The van der Waals surface area contributed by atoms with Crippen molar-refractivity contribution in [3.05, 3.63) is 413 Å². The van der Waals surface area contributed by atoms with Crippen LogP contribution in [0.2, 0.25) is 0 Å². The molecule has 0 bridgehead atoms. The van der Waals surface area contributed by atoms with E-state index in [-0.39, 0.29) is 0 Å². The molecule has 14 heterocycles. The Balaban J connectivity index is 0.000000117. The lowest BCUT2D eigenvalue weighted by Crippen LogP contribution is -2.05. The molecule has 25 nitrogen and oxygen atoms in total. The van der Waals surface area contributed by atoms with Gasteiger partial charge in [-0.3, -0.25) is 44.9 Å². The van der Waals surface area contributed by atoms with Crippen LogP contribution in [0.5, 0.6) is 0 Å². The van der Waals surface area contributed by atoms with Gasteiger partial charge < -0.3 is 27.4 Å². The molecule has 712 valence electrons. The molecule has 0 saturated heterocycles. The van der Waals surface area contributed by atoms with Gasteiger partial charge in [0.25, 0.3) is 0 Å². The van der Waals surface area contributed by atoms with Gasteiger partial charge in [0.1, 0.15) is 46.6 Å². The number of hydrogen-bond donors (Lipinski definition) is 0. The van der Waals surface area contributed by atoms with Crippen molar-refractivity contribution in [3.63, 3.8) is 0 Å². The average molecular weight is 1880 g/mol. The van der Waals surface area contributed by atoms with Crippen LogP contribution >= 0.6 is 0 Å². The largest absolute Gasteiger partial charge is 0.337 e. The maximum atomic E-state index is 4.92. The molecule has 0 aliphatic carbocycles. The molecule has 142 heavy (non-hydrogen) atoms. The minimum Gasteiger partial charge on any atom is -0.337 e. The Morgan fingerprint density at radius 1 is 0.225 bits per heavy atom.